The quantitative estimate of drug-likeness (QED) is 0.361. The van der Waals surface area contributed by atoms with Crippen LogP contribution >= 0.6 is 0 Å². The molecule has 40 heavy (non-hydrogen) atoms. The number of ether oxygens (including phenoxy) is 3. The van der Waals surface area contributed by atoms with E-state index < -0.39 is 48.1 Å². The molecule has 0 radical (unpaired) electrons. The van der Waals surface area contributed by atoms with E-state index in [9.17, 15) is 19.2 Å². The normalized spacial score (nSPS) is 12.9. The molecule has 10 heteroatoms. The smallest absolute Gasteiger partial charge is 0.408 e. The van der Waals surface area contributed by atoms with E-state index in [1.165, 1.54) is 6.92 Å². The molecule has 3 amide bonds. The summed E-state index contributed by atoms with van der Waals surface area (Å²) in [6.07, 6.45) is -0.588. The Balaban J connectivity index is 1.91. The highest BCUT2D eigenvalue weighted by molar-refractivity contribution is 5.91. The van der Waals surface area contributed by atoms with Crippen molar-refractivity contribution in [2.45, 2.75) is 84.8 Å². The first-order valence-corrected chi connectivity index (χ1v) is 13.2. The third-order valence-corrected chi connectivity index (χ3v) is 5.18. The molecule has 2 aromatic rings. The van der Waals surface area contributed by atoms with Crippen LogP contribution in [0.25, 0.3) is 0 Å². The first-order chi connectivity index (χ1) is 18.6. The fourth-order valence-electron chi connectivity index (χ4n) is 3.42. The van der Waals surface area contributed by atoms with Crippen LogP contribution in [0.3, 0.4) is 0 Å². The van der Waals surface area contributed by atoms with Crippen LogP contribution in [0.5, 0.6) is 5.75 Å². The van der Waals surface area contributed by atoms with E-state index in [1.54, 1.807) is 32.9 Å². The summed E-state index contributed by atoms with van der Waals surface area (Å²) in [6.45, 7) is 12.2. The van der Waals surface area contributed by atoms with Gasteiger partial charge in [-0.15, -0.1) is 0 Å². The number of hydrogen-bond acceptors (Lipinski definition) is 7. The van der Waals surface area contributed by atoms with Gasteiger partial charge in [0.25, 0.3) is 0 Å². The van der Waals surface area contributed by atoms with Crippen LogP contribution in [-0.4, -0.2) is 53.7 Å². The van der Waals surface area contributed by atoms with Gasteiger partial charge in [0.05, 0.1) is 6.54 Å². The van der Waals surface area contributed by atoms with Gasteiger partial charge in [-0.3, -0.25) is 9.59 Å². The number of esters is 1. The lowest BCUT2D eigenvalue weighted by Crippen LogP contribution is -2.51. The van der Waals surface area contributed by atoms with Crippen LogP contribution in [0.1, 0.15) is 59.6 Å². The van der Waals surface area contributed by atoms with Gasteiger partial charge in [-0.1, -0.05) is 42.5 Å². The molecule has 0 unspecified atom stereocenters. The first kappa shape index (κ1) is 32.1. The van der Waals surface area contributed by atoms with Crippen molar-refractivity contribution in [1.82, 2.24) is 16.0 Å². The van der Waals surface area contributed by atoms with Crippen molar-refractivity contribution in [3.63, 3.8) is 0 Å². The van der Waals surface area contributed by atoms with Crippen molar-refractivity contribution in [2.24, 2.45) is 0 Å². The number of nitrogens with one attached hydrogen (secondary N) is 3. The predicted octanol–water partition coefficient (Wildman–Crippen LogP) is 3.66. The SMILES string of the molecule is C[C@@H](NC(=O)OCc1ccccc1)C(=O)NCC(=O)N[C@@H](Cc1ccc(OC(C)(C)C)cc1)C(=O)OC(C)(C)C. The topological polar surface area (TPSA) is 132 Å². The average molecular weight is 556 g/mol. The van der Waals surface area contributed by atoms with Crippen LogP contribution in [0, 0.1) is 0 Å². The van der Waals surface area contributed by atoms with Crippen molar-refractivity contribution in [3.05, 3.63) is 65.7 Å². The standard InChI is InChI=1S/C30H41N3O7/c1-20(32-28(37)38-19-22-11-9-8-10-12-22)26(35)31-18-25(34)33-24(27(36)40-30(5,6)7)17-21-13-15-23(16-14-21)39-29(2,3)4/h8-16,20,24H,17-19H2,1-7H3,(H,31,35)(H,32,37)(H,33,34)/t20-,24+/m1/s1. The van der Waals surface area contributed by atoms with Crippen molar-refractivity contribution in [2.75, 3.05) is 6.54 Å². The molecule has 0 heterocycles. The van der Waals surface area contributed by atoms with Crippen LogP contribution in [0.15, 0.2) is 54.6 Å². The Morgan fingerprint density at radius 2 is 1.43 bits per heavy atom. The molecule has 0 bridgehead atoms. The third kappa shape index (κ3) is 12.6. The predicted molar refractivity (Wildman–Crippen MR) is 151 cm³/mol. The Labute approximate surface area is 236 Å². The van der Waals surface area contributed by atoms with E-state index in [2.05, 4.69) is 16.0 Å². The Morgan fingerprint density at radius 3 is 2.00 bits per heavy atom. The van der Waals surface area contributed by atoms with Crippen molar-refractivity contribution in [1.29, 1.82) is 0 Å². The molecule has 0 aliphatic heterocycles. The highest BCUT2D eigenvalue weighted by atomic mass is 16.6. The third-order valence-electron chi connectivity index (χ3n) is 5.18. The maximum Gasteiger partial charge on any atom is 0.408 e. The summed E-state index contributed by atoms with van der Waals surface area (Å²) in [5, 5.41) is 7.52. The molecule has 0 spiro atoms. The van der Waals surface area contributed by atoms with Crippen molar-refractivity contribution < 1.29 is 33.4 Å². The molecule has 3 N–H and O–H groups in total. The van der Waals surface area contributed by atoms with E-state index in [0.717, 1.165) is 11.1 Å². The zero-order valence-corrected chi connectivity index (χ0v) is 24.3. The lowest BCUT2D eigenvalue weighted by molar-refractivity contribution is -0.158. The van der Waals surface area contributed by atoms with Crippen LogP contribution < -0.4 is 20.7 Å². The molecular formula is C30H41N3O7. The summed E-state index contributed by atoms with van der Waals surface area (Å²) in [5.41, 5.74) is 0.483. The Kier molecular flexibility index (Phi) is 11.5. The largest absolute Gasteiger partial charge is 0.488 e. The second kappa shape index (κ2) is 14.3. The van der Waals surface area contributed by atoms with Gasteiger partial charge in [0.1, 0.15) is 35.6 Å². The highest BCUT2D eigenvalue weighted by Gasteiger charge is 2.27. The van der Waals surface area contributed by atoms with Gasteiger partial charge in [0, 0.05) is 6.42 Å². The lowest BCUT2D eigenvalue weighted by Gasteiger charge is -2.25. The zero-order valence-electron chi connectivity index (χ0n) is 24.3. The van der Waals surface area contributed by atoms with Gasteiger partial charge in [-0.05, 0) is 71.7 Å². The molecule has 0 saturated heterocycles. The Hall–Kier alpha value is -4.08. The Bertz CT molecular complexity index is 1140. The number of carbonyl (C=O) groups excluding carboxylic acids is 4. The average Bonchev–Trinajstić information content (AvgIpc) is 2.85. The molecule has 0 saturated carbocycles. The molecule has 0 aliphatic carbocycles. The van der Waals surface area contributed by atoms with Gasteiger partial charge in [0.2, 0.25) is 11.8 Å². The zero-order chi connectivity index (χ0) is 29.9. The fraction of sp³-hybridized carbons (Fsp3) is 0.467. The molecular weight excluding hydrogens is 514 g/mol. The summed E-state index contributed by atoms with van der Waals surface area (Å²) < 4.78 is 16.4. The first-order valence-electron chi connectivity index (χ1n) is 13.2. The lowest BCUT2D eigenvalue weighted by atomic mass is 10.0. The number of rotatable bonds is 11. The van der Waals surface area contributed by atoms with Gasteiger partial charge in [-0.25, -0.2) is 9.59 Å². The summed E-state index contributed by atoms with van der Waals surface area (Å²) >= 11 is 0. The van der Waals surface area contributed by atoms with E-state index in [4.69, 9.17) is 14.2 Å². The molecule has 2 aromatic carbocycles. The van der Waals surface area contributed by atoms with Gasteiger partial charge in [0.15, 0.2) is 0 Å². The number of hydrogen-bond donors (Lipinski definition) is 3. The molecule has 10 nitrogen and oxygen atoms in total. The monoisotopic (exact) mass is 555 g/mol. The molecule has 2 rings (SSSR count). The van der Waals surface area contributed by atoms with Crippen molar-refractivity contribution >= 4 is 23.9 Å². The van der Waals surface area contributed by atoms with E-state index in [1.807, 2.05) is 63.2 Å². The second-order valence-corrected chi connectivity index (χ2v) is 11.4. The maximum atomic E-state index is 12.9. The summed E-state index contributed by atoms with van der Waals surface area (Å²) in [7, 11) is 0. The van der Waals surface area contributed by atoms with Gasteiger partial charge < -0.3 is 30.2 Å². The van der Waals surface area contributed by atoms with Crippen LogP contribution in [0.2, 0.25) is 0 Å². The number of alkyl carbamates (subject to hydrolysis) is 1. The second-order valence-electron chi connectivity index (χ2n) is 11.4. The van der Waals surface area contributed by atoms with Crippen molar-refractivity contribution in [3.8, 4) is 5.75 Å². The minimum absolute atomic E-state index is 0.0574. The molecule has 0 aliphatic rings. The summed E-state index contributed by atoms with van der Waals surface area (Å²) in [6, 6.07) is 14.4. The molecule has 0 fully saturated rings. The summed E-state index contributed by atoms with van der Waals surface area (Å²) in [5.74, 6) is -1.09. The maximum absolute atomic E-state index is 12.9. The summed E-state index contributed by atoms with van der Waals surface area (Å²) in [4.78, 5) is 50.0. The number of amides is 3. The van der Waals surface area contributed by atoms with Crippen LogP contribution in [0.4, 0.5) is 4.79 Å². The Morgan fingerprint density at radius 1 is 0.800 bits per heavy atom. The van der Waals surface area contributed by atoms with E-state index in [0.29, 0.717) is 5.75 Å². The minimum Gasteiger partial charge on any atom is -0.488 e. The van der Waals surface area contributed by atoms with Gasteiger partial charge >= 0.3 is 12.1 Å². The van der Waals surface area contributed by atoms with E-state index >= 15 is 0 Å². The molecule has 2 atom stereocenters. The fourth-order valence-corrected chi connectivity index (χ4v) is 3.42. The molecule has 0 aromatic heterocycles. The highest BCUT2D eigenvalue weighted by Crippen LogP contribution is 2.19. The number of benzene rings is 2. The van der Waals surface area contributed by atoms with Crippen LogP contribution in [-0.2, 0) is 36.9 Å². The van der Waals surface area contributed by atoms with Gasteiger partial charge in [-0.2, -0.15) is 0 Å². The minimum atomic E-state index is -0.985. The molecule has 218 valence electrons. The van der Waals surface area contributed by atoms with E-state index in [-0.39, 0.29) is 18.6 Å². The number of carbonyl (C=O) groups is 4.